The molecular weight excluding hydrogens is 432 g/mol. The molecule has 2 aromatic rings. The molecule has 172 valence electrons. The number of aromatic nitrogens is 4. The van der Waals surface area contributed by atoms with Gasteiger partial charge in [0.15, 0.2) is 5.16 Å². The van der Waals surface area contributed by atoms with Gasteiger partial charge < -0.3 is 30.3 Å². The number of anilines is 3. The number of hydrogen-bond acceptors (Lipinski definition) is 11. The Kier molecular flexibility index (Phi) is 8.06. The minimum Gasteiger partial charge on any atom is -0.477 e. The third-order valence-electron chi connectivity index (χ3n) is 4.50. The van der Waals surface area contributed by atoms with Gasteiger partial charge in [-0.05, 0) is 38.7 Å². The number of amides is 1. The molecule has 1 saturated heterocycles. The SMILES string of the molecule is C=CC(=O)Nc1cc(N)nc(Sc2c(OCC)nc(N3CCN(C)CC3)nc2OCC)n1. The molecule has 1 aliphatic heterocycles. The van der Waals surface area contributed by atoms with Gasteiger partial charge in [0.25, 0.3) is 0 Å². The largest absolute Gasteiger partial charge is 0.477 e. The first-order chi connectivity index (χ1) is 15.4. The number of likely N-dealkylation sites (N-methyl/N-ethyl adjacent to an activating group) is 1. The molecule has 0 unspecified atom stereocenters. The zero-order valence-electron chi connectivity index (χ0n) is 18.5. The van der Waals surface area contributed by atoms with E-state index in [2.05, 4.69) is 48.7 Å². The Morgan fingerprint density at radius 2 is 1.78 bits per heavy atom. The van der Waals surface area contributed by atoms with E-state index in [4.69, 9.17) is 15.2 Å². The van der Waals surface area contributed by atoms with Gasteiger partial charge in [-0.1, -0.05) is 6.58 Å². The summed E-state index contributed by atoms with van der Waals surface area (Å²) in [5.74, 6) is 1.38. The fraction of sp³-hybridized carbons (Fsp3) is 0.450. The van der Waals surface area contributed by atoms with E-state index in [-0.39, 0.29) is 11.6 Å². The molecule has 0 bridgehead atoms. The fourth-order valence-electron chi connectivity index (χ4n) is 2.93. The molecule has 1 fully saturated rings. The lowest BCUT2D eigenvalue weighted by Gasteiger charge is -2.32. The first kappa shape index (κ1) is 23.5. The van der Waals surface area contributed by atoms with Crippen LogP contribution in [0, 0.1) is 0 Å². The average Bonchev–Trinajstić information content (AvgIpc) is 2.76. The maximum absolute atomic E-state index is 11.6. The van der Waals surface area contributed by atoms with Gasteiger partial charge >= 0.3 is 0 Å². The maximum atomic E-state index is 11.6. The lowest BCUT2D eigenvalue weighted by molar-refractivity contribution is -0.111. The second-order valence-electron chi connectivity index (χ2n) is 6.88. The predicted octanol–water partition coefficient (Wildman–Crippen LogP) is 1.67. The molecule has 1 amide bonds. The molecule has 11 nitrogen and oxygen atoms in total. The molecule has 0 aromatic carbocycles. The third-order valence-corrected chi connectivity index (χ3v) is 5.41. The van der Waals surface area contributed by atoms with E-state index in [1.807, 2.05) is 13.8 Å². The van der Waals surface area contributed by atoms with E-state index >= 15 is 0 Å². The van der Waals surface area contributed by atoms with Gasteiger partial charge in [0, 0.05) is 32.2 Å². The maximum Gasteiger partial charge on any atom is 0.248 e. The van der Waals surface area contributed by atoms with E-state index in [1.165, 1.54) is 6.07 Å². The number of ether oxygens (including phenoxy) is 2. The lowest BCUT2D eigenvalue weighted by atomic mass is 10.3. The molecule has 3 N–H and O–H groups in total. The number of carbonyl (C=O) groups is 1. The molecule has 0 spiro atoms. The van der Waals surface area contributed by atoms with Crippen LogP contribution >= 0.6 is 11.8 Å². The second kappa shape index (κ2) is 11.0. The minimum atomic E-state index is -0.399. The summed E-state index contributed by atoms with van der Waals surface area (Å²) >= 11 is 1.16. The highest BCUT2D eigenvalue weighted by molar-refractivity contribution is 7.99. The summed E-state index contributed by atoms with van der Waals surface area (Å²) in [4.78, 5) is 34.5. The minimum absolute atomic E-state index is 0.202. The number of nitrogens with one attached hydrogen (secondary N) is 1. The fourth-order valence-corrected chi connectivity index (χ4v) is 3.79. The second-order valence-corrected chi connectivity index (χ2v) is 7.85. The molecule has 0 saturated carbocycles. The summed E-state index contributed by atoms with van der Waals surface area (Å²) in [6.45, 7) is 11.5. The Morgan fingerprint density at radius 1 is 1.16 bits per heavy atom. The first-order valence-corrected chi connectivity index (χ1v) is 11.1. The van der Waals surface area contributed by atoms with Crippen LogP contribution in [0.3, 0.4) is 0 Å². The Morgan fingerprint density at radius 3 is 2.34 bits per heavy atom. The van der Waals surface area contributed by atoms with Crippen LogP contribution in [0.15, 0.2) is 28.8 Å². The van der Waals surface area contributed by atoms with Gasteiger partial charge in [-0.2, -0.15) is 9.97 Å². The van der Waals surface area contributed by atoms with Crippen molar-refractivity contribution < 1.29 is 14.3 Å². The van der Waals surface area contributed by atoms with Gasteiger partial charge in [-0.25, -0.2) is 9.97 Å². The summed E-state index contributed by atoms with van der Waals surface area (Å²) in [5.41, 5.74) is 5.91. The summed E-state index contributed by atoms with van der Waals surface area (Å²) < 4.78 is 11.7. The zero-order valence-corrected chi connectivity index (χ0v) is 19.3. The van der Waals surface area contributed by atoms with E-state index < -0.39 is 5.91 Å². The number of nitrogens with two attached hydrogens (primary N) is 1. The first-order valence-electron chi connectivity index (χ1n) is 10.3. The van der Waals surface area contributed by atoms with Gasteiger partial charge in [-0.15, -0.1) is 0 Å². The summed E-state index contributed by atoms with van der Waals surface area (Å²) in [6.07, 6.45) is 1.15. The summed E-state index contributed by atoms with van der Waals surface area (Å²) in [6, 6.07) is 1.46. The number of piperazine rings is 1. The van der Waals surface area contributed by atoms with Crippen molar-refractivity contribution in [1.82, 2.24) is 24.8 Å². The van der Waals surface area contributed by atoms with Crippen LogP contribution in [0.25, 0.3) is 0 Å². The van der Waals surface area contributed by atoms with Gasteiger partial charge in [0.05, 0.1) is 13.2 Å². The predicted molar refractivity (Wildman–Crippen MR) is 123 cm³/mol. The number of hydrogen-bond donors (Lipinski definition) is 2. The topological polar surface area (TPSA) is 132 Å². The Hall–Kier alpha value is -3.12. The third kappa shape index (κ3) is 5.98. The monoisotopic (exact) mass is 460 g/mol. The van der Waals surface area contributed by atoms with Crippen LogP contribution in [0.1, 0.15) is 13.8 Å². The van der Waals surface area contributed by atoms with Crippen molar-refractivity contribution in [1.29, 1.82) is 0 Å². The Bertz CT molecular complexity index is 939. The van der Waals surface area contributed by atoms with Gasteiger partial charge in [-0.3, -0.25) is 4.79 Å². The molecule has 0 radical (unpaired) electrons. The number of rotatable bonds is 9. The van der Waals surface area contributed by atoms with E-state index in [1.54, 1.807) is 0 Å². The molecule has 2 aromatic heterocycles. The Balaban J connectivity index is 1.97. The van der Waals surface area contributed by atoms with Crippen LogP contribution in [-0.4, -0.2) is 77.2 Å². The molecule has 0 atom stereocenters. The molecule has 3 heterocycles. The van der Waals surface area contributed by atoms with Crippen molar-refractivity contribution in [3.05, 3.63) is 18.7 Å². The molecular formula is C20H28N8O3S. The van der Waals surface area contributed by atoms with Gasteiger partial charge in [0.2, 0.25) is 23.6 Å². The van der Waals surface area contributed by atoms with E-state index in [0.717, 1.165) is 44.0 Å². The smallest absolute Gasteiger partial charge is 0.248 e. The quantitative estimate of drug-likeness (QED) is 0.418. The highest BCUT2D eigenvalue weighted by atomic mass is 32.2. The zero-order chi connectivity index (χ0) is 23.1. The van der Waals surface area contributed by atoms with Crippen molar-refractivity contribution >= 4 is 35.3 Å². The van der Waals surface area contributed by atoms with E-state index in [0.29, 0.717) is 41.0 Å². The molecule has 1 aliphatic rings. The van der Waals surface area contributed by atoms with Crippen molar-refractivity contribution in [2.24, 2.45) is 0 Å². The van der Waals surface area contributed by atoms with Crippen molar-refractivity contribution in [2.75, 3.05) is 62.4 Å². The molecule has 3 rings (SSSR count). The number of carbonyl (C=O) groups excluding carboxylic acids is 1. The van der Waals surface area contributed by atoms with Crippen molar-refractivity contribution in [2.45, 2.75) is 23.9 Å². The molecule has 0 aliphatic carbocycles. The van der Waals surface area contributed by atoms with Crippen LogP contribution < -0.4 is 25.4 Å². The average molecular weight is 461 g/mol. The van der Waals surface area contributed by atoms with Crippen LogP contribution in [0.2, 0.25) is 0 Å². The lowest BCUT2D eigenvalue weighted by Crippen LogP contribution is -2.45. The van der Waals surface area contributed by atoms with Crippen LogP contribution in [-0.2, 0) is 4.79 Å². The van der Waals surface area contributed by atoms with E-state index in [9.17, 15) is 4.79 Å². The standard InChI is InChI=1S/C20H28N8O3S/c1-5-15(29)23-14-12-13(21)22-20(24-14)32-16-17(30-6-2)25-19(26-18(16)31-7-3)28-10-8-27(4)9-11-28/h5,12H,1,6-11H2,2-4H3,(H3,21,22,23,24,29). The number of nitrogen functional groups attached to an aromatic ring is 1. The summed E-state index contributed by atoms with van der Waals surface area (Å²) in [7, 11) is 2.09. The van der Waals surface area contributed by atoms with Gasteiger partial charge in [0.1, 0.15) is 16.5 Å². The molecule has 12 heteroatoms. The number of nitrogens with zero attached hydrogens (tertiary/aromatic N) is 6. The summed E-state index contributed by atoms with van der Waals surface area (Å²) in [5, 5.41) is 2.88. The van der Waals surface area contributed by atoms with Crippen LogP contribution in [0.4, 0.5) is 17.6 Å². The van der Waals surface area contributed by atoms with Crippen molar-refractivity contribution in [3.8, 4) is 11.8 Å². The normalized spacial score (nSPS) is 14.2. The van der Waals surface area contributed by atoms with Crippen LogP contribution in [0.5, 0.6) is 11.8 Å². The van der Waals surface area contributed by atoms with Crippen molar-refractivity contribution in [3.63, 3.8) is 0 Å². The molecule has 32 heavy (non-hydrogen) atoms. The highest BCUT2D eigenvalue weighted by Gasteiger charge is 2.24. The Labute approximate surface area is 191 Å². The highest BCUT2D eigenvalue weighted by Crippen LogP contribution is 2.40.